The summed E-state index contributed by atoms with van der Waals surface area (Å²) in [6, 6.07) is 16.2. The SMILES string of the molecule is CCCCCOc1ccc(C2/C(=C(\O)c3nc4c(C)cccn4c3C)C(=O)C(=O)N2c2nnc(SCc3ccc(F)cc3)s2)cc1. The molecule has 1 N–H and O–H groups in total. The first-order valence-corrected chi connectivity index (χ1v) is 16.8. The molecule has 1 aliphatic rings. The van der Waals surface area contributed by atoms with Gasteiger partial charge in [-0.25, -0.2) is 9.37 Å². The van der Waals surface area contributed by atoms with E-state index in [9.17, 15) is 19.1 Å². The van der Waals surface area contributed by atoms with Gasteiger partial charge in [-0.3, -0.25) is 14.5 Å². The predicted molar refractivity (Wildman–Crippen MR) is 177 cm³/mol. The van der Waals surface area contributed by atoms with Gasteiger partial charge < -0.3 is 14.2 Å². The van der Waals surface area contributed by atoms with Gasteiger partial charge in [0.25, 0.3) is 5.78 Å². The third-order valence-corrected chi connectivity index (χ3v) is 9.97. The van der Waals surface area contributed by atoms with Crippen LogP contribution in [-0.4, -0.2) is 43.0 Å². The Bertz CT molecular complexity index is 1940. The normalized spacial score (nSPS) is 16.1. The molecule has 1 saturated heterocycles. The fourth-order valence-corrected chi connectivity index (χ4v) is 7.21. The van der Waals surface area contributed by atoms with Gasteiger partial charge in [0.05, 0.1) is 23.9 Å². The van der Waals surface area contributed by atoms with Gasteiger partial charge in [0.2, 0.25) is 5.13 Å². The molecule has 1 amide bonds. The topological polar surface area (TPSA) is 110 Å². The molecule has 0 saturated carbocycles. The Hall–Kier alpha value is -4.55. The summed E-state index contributed by atoms with van der Waals surface area (Å²) in [5.74, 6) is -1.15. The first-order chi connectivity index (χ1) is 22.3. The summed E-state index contributed by atoms with van der Waals surface area (Å²) >= 11 is 2.55. The maximum atomic E-state index is 13.7. The van der Waals surface area contributed by atoms with Crippen molar-refractivity contribution < 1.29 is 23.8 Å². The molecule has 6 rings (SSSR count). The number of hydrogen-bond donors (Lipinski definition) is 1. The molecule has 1 atom stereocenters. The average Bonchev–Trinajstić information content (AvgIpc) is 3.74. The molecule has 236 valence electrons. The second-order valence-corrected chi connectivity index (χ2v) is 13.2. The number of hydrogen-bond acceptors (Lipinski definition) is 9. The van der Waals surface area contributed by atoms with E-state index in [0.29, 0.717) is 39.4 Å². The smallest absolute Gasteiger partial charge is 0.301 e. The summed E-state index contributed by atoms with van der Waals surface area (Å²) in [5.41, 5.74) is 3.81. The number of thioether (sulfide) groups is 1. The standard InChI is InChI=1S/C34H32FN5O4S2/c1-4-5-6-18-44-25-15-11-23(12-16-25)28-26(29(41)27-21(3)39-17-7-8-20(2)31(39)36-27)30(42)32(43)40(28)33-37-38-34(46-33)45-19-22-9-13-24(35)14-10-22/h7-17,28,41H,4-6,18-19H2,1-3H3/b29-26+. The summed E-state index contributed by atoms with van der Waals surface area (Å²) in [5, 5.41) is 20.5. The highest BCUT2D eigenvalue weighted by molar-refractivity contribution is 8.00. The Morgan fingerprint density at radius 3 is 2.52 bits per heavy atom. The van der Waals surface area contributed by atoms with Crippen molar-refractivity contribution in [2.75, 3.05) is 11.5 Å². The van der Waals surface area contributed by atoms with Crippen LogP contribution in [0.3, 0.4) is 0 Å². The fourth-order valence-electron chi connectivity index (χ4n) is 5.39. The van der Waals surface area contributed by atoms with E-state index in [2.05, 4.69) is 22.1 Å². The molecule has 4 heterocycles. The molecular weight excluding hydrogens is 626 g/mol. The monoisotopic (exact) mass is 657 g/mol. The number of aryl methyl sites for hydroxylation is 2. The molecule has 12 heteroatoms. The summed E-state index contributed by atoms with van der Waals surface area (Å²) in [6.45, 7) is 6.43. The van der Waals surface area contributed by atoms with E-state index in [1.165, 1.54) is 28.8 Å². The fraction of sp³-hybridized carbons (Fsp3) is 0.265. The quantitative estimate of drug-likeness (QED) is 0.0390. The highest BCUT2D eigenvalue weighted by Gasteiger charge is 2.49. The predicted octanol–water partition coefficient (Wildman–Crippen LogP) is 7.43. The second kappa shape index (κ2) is 13.4. The van der Waals surface area contributed by atoms with E-state index in [1.807, 2.05) is 29.7 Å². The van der Waals surface area contributed by atoms with E-state index in [4.69, 9.17) is 4.74 Å². The number of imidazole rings is 1. The van der Waals surface area contributed by atoms with Crippen molar-refractivity contribution in [2.45, 2.75) is 56.2 Å². The number of nitrogens with zero attached hydrogens (tertiary/aromatic N) is 5. The average molecular weight is 658 g/mol. The van der Waals surface area contributed by atoms with E-state index in [0.717, 1.165) is 41.7 Å². The number of aliphatic hydroxyl groups is 1. The van der Waals surface area contributed by atoms with Crippen molar-refractivity contribution in [1.82, 2.24) is 19.6 Å². The van der Waals surface area contributed by atoms with Crippen LogP contribution in [0.2, 0.25) is 0 Å². The number of ketones is 1. The number of carbonyl (C=O) groups excluding carboxylic acids is 2. The molecule has 0 aliphatic carbocycles. The lowest BCUT2D eigenvalue weighted by atomic mass is 9.96. The third-order valence-electron chi connectivity index (χ3n) is 7.84. The molecule has 46 heavy (non-hydrogen) atoms. The van der Waals surface area contributed by atoms with Crippen LogP contribution in [0.15, 0.2) is 76.8 Å². The highest BCUT2D eigenvalue weighted by atomic mass is 32.2. The van der Waals surface area contributed by atoms with Gasteiger partial charge in [-0.15, -0.1) is 10.2 Å². The lowest BCUT2D eigenvalue weighted by molar-refractivity contribution is -0.132. The summed E-state index contributed by atoms with van der Waals surface area (Å²) in [7, 11) is 0. The lowest BCUT2D eigenvalue weighted by Gasteiger charge is -2.22. The van der Waals surface area contributed by atoms with Gasteiger partial charge in [0.1, 0.15) is 22.9 Å². The van der Waals surface area contributed by atoms with Gasteiger partial charge in [-0.1, -0.05) is 73.2 Å². The molecular formula is C34H32FN5O4S2. The van der Waals surface area contributed by atoms with E-state index in [1.54, 1.807) is 43.3 Å². The van der Waals surface area contributed by atoms with Crippen molar-refractivity contribution in [3.63, 3.8) is 0 Å². The molecule has 9 nitrogen and oxygen atoms in total. The number of ether oxygens (including phenoxy) is 1. The number of pyridine rings is 1. The Morgan fingerprint density at radius 2 is 1.80 bits per heavy atom. The van der Waals surface area contributed by atoms with Crippen molar-refractivity contribution in [3.8, 4) is 5.75 Å². The highest BCUT2D eigenvalue weighted by Crippen LogP contribution is 2.44. The van der Waals surface area contributed by atoms with Crippen molar-refractivity contribution >= 4 is 51.3 Å². The van der Waals surface area contributed by atoms with Gasteiger partial charge in [0, 0.05) is 11.9 Å². The molecule has 5 aromatic rings. The van der Waals surface area contributed by atoms with E-state index >= 15 is 0 Å². The maximum absolute atomic E-state index is 13.7. The zero-order valence-electron chi connectivity index (χ0n) is 25.6. The molecule has 0 bridgehead atoms. The zero-order chi connectivity index (χ0) is 32.4. The number of benzene rings is 2. The molecule has 2 aromatic carbocycles. The third kappa shape index (κ3) is 6.14. The largest absolute Gasteiger partial charge is 0.505 e. The number of fused-ring (bicyclic) bond motifs is 1. The molecule has 0 radical (unpaired) electrons. The second-order valence-electron chi connectivity index (χ2n) is 11.0. The summed E-state index contributed by atoms with van der Waals surface area (Å²) < 4.78 is 21.6. The molecule has 1 aliphatic heterocycles. The van der Waals surface area contributed by atoms with E-state index < -0.39 is 17.7 Å². The Morgan fingerprint density at radius 1 is 1.04 bits per heavy atom. The first kappa shape index (κ1) is 31.4. The number of carbonyl (C=O) groups is 2. The minimum atomic E-state index is -0.984. The van der Waals surface area contributed by atoms with Crippen LogP contribution in [0.1, 0.15) is 60.3 Å². The van der Waals surface area contributed by atoms with Gasteiger partial charge in [-0.05, 0) is 67.3 Å². The lowest BCUT2D eigenvalue weighted by Crippen LogP contribution is -2.29. The van der Waals surface area contributed by atoms with Crippen molar-refractivity contribution in [2.24, 2.45) is 0 Å². The van der Waals surface area contributed by atoms with E-state index in [-0.39, 0.29) is 28.0 Å². The number of amides is 1. The van der Waals surface area contributed by atoms with Crippen LogP contribution in [0.25, 0.3) is 11.4 Å². The van der Waals surface area contributed by atoms with Crippen LogP contribution in [0, 0.1) is 19.7 Å². The molecule has 3 aromatic heterocycles. The van der Waals surface area contributed by atoms with Crippen LogP contribution >= 0.6 is 23.1 Å². The minimum absolute atomic E-state index is 0.0820. The zero-order valence-corrected chi connectivity index (χ0v) is 27.2. The van der Waals surface area contributed by atoms with Crippen LogP contribution < -0.4 is 9.64 Å². The van der Waals surface area contributed by atoms with Gasteiger partial charge >= 0.3 is 5.91 Å². The van der Waals surface area contributed by atoms with Crippen LogP contribution in [0.4, 0.5) is 9.52 Å². The summed E-state index contributed by atoms with van der Waals surface area (Å²) in [4.78, 5) is 33.4. The number of unbranched alkanes of at least 4 members (excludes halogenated alkanes) is 2. The number of aromatic nitrogens is 4. The Labute approximate surface area is 273 Å². The minimum Gasteiger partial charge on any atom is -0.505 e. The van der Waals surface area contributed by atoms with Crippen molar-refractivity contribution in [1.29, 1.82) is 0 Å². The molecule has 1 unspecified atom stereocenters. The van der Waals surface area contributed by atoms with Crippen molar-refractivity contribution in [3.05, 3.63) is 106 Å². The molecule has 0 spiro atoms. The number of aliphatic hydroxyl groups excluding tert-OH is 1. The number of halogens is 1. The van der Waals surface area contributed by atoms with Gasteiger partial charge in [0.15, 0.2) is 10.1 Å². The maximum Gasteiger partial charge on any atom is 0.301 e. The first-order valence-electron chi connectivity index (χ1n) is 15.0. The van der Waals surface area contributed by atoms with Crippen LogP contribution in [-0.2, 0) is 15.3 Å². The molecule has 1 fully saturated rings. The van der Waals surface area contributed by atoms with Gasteiger partial charge in [-0.2, -0.15) is 0 Å². The Kier molecular flexibility index (Phi) is 9.18. The number of rotatable bonds is 11. The summed E-state index contributed by atoms with van der Waals surface area (Å²) in [6.07, 6.45) is 4.93. The number of anilines is 1. The Balaban J connectivity index is 1.39. The number of Topliss-reactive ketones (excluding diaryl/α,β-unsaturated/α-hetero) is 1. The van der Waals surface area contributed by atoms with Crippen LogP contribution in [0.5, 0.6) is 5.75 Å².